The van der Waals surface area contributed by atoms with E-state index in [2.05, 4.69) is 222 Å². The van der Waals surface area contributed by atoms with Crippen molar-refractivity contribution < 1.29 is 4.42 Å². The minimum absolute atomic E-state index is 0.533. The van der Waals surface area contributed by atoms with Gasteiger partial charge < -0.3 is 13.9 Å². The summed E-state index contributed by atoms with van der Waals surface area (Å²) in [5.74, 6) is 0. The first-order valence-electron chi connectivity index (χ1n) is 19.9. The van der Waals surface area contributed by atoms with Crippen molar-refractivity contribution in [1.29, 1.82) is 0 Å². The molecule has 58 heavy (non-hydrogen) atoms. The molecule has 3 nitrogen and oxygen atoms in total. The van der Waals surface area contributed by atoms with Crippen molar-refractivity contribution in [3.8, 4) is 16.8 Å². The Morgan fingerprint density at radius 3 is 1.78 bits per heavy atom. The zero-order chi connectivity index (χ0) is 38.2. The number of rotatable bonds is 6. The van der Waals surface area contributed by atoms with Gasteiger partial charge in [-0.1, -0.05) is 158 Å². The van der Waals surface area contributed by atoms with Crippen molar-refractivity contribution in [2.24, 2.45) is 0 Å². The van der Waals surface area contributed by atoms with Gasteiger partial charge in [0.25, 0.3) is 0 Å². The number of aromatic nitrogens is 1. The Hall–Kier alpha value is -7.62. The lowest BCUT2D eigenvalue weighted by Crippen LogP contribution is -2.28. The summed E-state index contributed by atoms with van der Waals surface area (Å²) >= 11 is 0. The average Bonchev–Trinajstić information content (AvgIpc) is 3.94. The maximum absolute atomic E-state index is 6.79. The van der Waals surface area contributed by atoms with Crippen molar-refractivity contribution in [2.75, 3.05) is 4.90 Å². The Morgan fingerprint density at radius 2 is 0.983 bits per heavy atom. The van der Waals surface area contributed by atoms with Crippen LogP contribution in [0.2, 0.25) is 0 Å². The minimum atomic E-state index is -0.533. The monoisotopic (exact) mass is 740 g/mol. The van der Waals surface area contributed by atoms with Crippen LogP contribution in [0.5, 0.6) is 0 Å². The summed E-state index contributed by atoms with van der Waals surface area (Å²) in [6.45, 7) is 0. The topological polar surface area (TPSA) is 21.3 Å². The molecule has 1 aliphatic carbocycles. The zero-order valence-electron chi connectivity index (χ0n) is 31.6. The van der Waals surface area contributed by atoms with Gasteiger partial charge in [-0.15, -0.1) is 0 Å². The maximum Gasteiger partial charge on any atom is 0.159 e. The molecule has 12 rings (SSSR count). The lowest BCUT2D eigenvalue weighted by atomic mass is 9.67. The fourth-order valence-electron chi connectivity index (χ4n) is 9.88. The number of nitrogens with zero attached hydrogens (tertiary/aromatic N) is 2. The SMILES string of the molecule is c1ccc(-n2c3ccccc3c3cc(N(c4cccc(C5(c6ccccc6)c6ccccc6-c6ccccc65)c4)c4cccc5c4oc4ccccc45)ccc32)cc1. The molecule has 0 unspecified atom stereocenters. The van der Waals surface area contributed by atoms with Gasteiger partial charge in [-0.3, -0.25) is 0 Å². The van der Waals surface area contributed by atoms with Gasteiger partial charge in [0.15, 0.2) is 5.58 Å². The summed E-state index contributed by atoms with van der Waals surface area (Å²) in [7, 11) is 0. The average molecular weight is 741 g/mol. The van der Waals surface area contributed by atoms with Gasteiger partial charge in [0.05, 0.1) is 22.1 Å². The number of para-hydroxylation sites is 4. The van der Waals surface area contributed by atoms with Crippen molar-refractivity contribution in [2.45, 2.75) is 5.41 Å². The Balaban J connectivity index is 1.15. The normalized spacial score (nSPS) is 13.0. The molecule has 9 aromatic carbocycles. The number of furan rings is 1. The minimum Gasteiger partial charge on any atom is -0.454 e. The second-order valence-electron chi connectivity index (χ2n) is 15.2. The molecule has 2 heterocycles. The molecule has 0 saturated heterocycles. The molecule has 2 aromatic heterocycles. The Morgan fingerprint density at radius 1 is 0.397 bits per heavy atom. The predicted molar refractivity (Wildman–Crippen MR) is 240 cm³/mol. The van der Waals surface area contributed by atoms with E-state index in [1.54, 1.807) is 0 Å². The van der Waals surface area contributed by atoms with E-state index in [-0.39, 0.29) is 0 Å². The highest BCUT2D eigenvalue weighted by atomic mass is 16.3. The van der Waals surface area contributed by atoms with Crippen molar-refractivity contribution in [3.05, 3.63) is 241 Å². The lowest BCUT2D eigenvalue weighted by molar-refractivity contribution is 0.669. The molecule has 0 atom stereocenters. The zero-order valence-corrected chi connectivity index (χ0v) is 31.6. The van der Waals surface area contributed by atoms with E-state index in [0.717, 1.165) is 50.2 Å². The molecular formula is C55H36N2O. The summed E-state index contributed by atoms with van der Waals surface area (Å²) in [4.78, 5) is 2.40. The Bertz CT molecular complexity index is 3310. The highest BCUT2D eigenvalue weighted by Crippen LogP contribution is 2.57. The van der Waals surface area contributed by atoms with E-state index in [4.69, 9.17) is 4.42 Å². The van der Waals surface area contributed by atoms with Crippen LogP contribution in [0.3, 0.4) is 0 Å². The molecule has 1 aliphatic rings. The third-order valence-corrected chi connectivity index (χ3v) is 12.2. The van der Waals surface area contributed by atoms with Gasteiger partial charge >= 0.3 is 0 Å². The first kappa shape index (κ1) is 32.6. The molecule has 272 valence electrons. The fourth-order valence-corrected chi connectivity index (χ4v) is 9.88. The summed E-state index contributed by atoms with van der Waals surface area (Å²) in [6, 6.07) is 79.2. The molecule has 0 N–H and O–H groups in total. The van der Waals surface area contributed by atoms with Gasteiger partial charge in [0.1, 0.15) is 5.58 Å². The van der Waals surface area contributed by atoms with Crippen LogP contribution in [0.1, 0.15) is 22.3 Å². The van der Waals surface area contributed by atoms with Crippen LogP contribution in [0.4, 0.5) is 17.1 Å². The standard InChI is InChI=1S/C55H36N2O/c1-3-17-37(18-4-1)55(48-28-11-7-23-42(48)43-24-8-12-29-49(43)55)38-19-15-22-40(35-38)56(52-31-16-27-46-45-26-10-14-32-53(45)58-54(46)52)41-33-34-51-47(36-41)44-25-9-13-30-50(44)57(51)39-20-5-2-6-21-39/h1-36H. The largest absolute Gasteiger partial charge is 0.454 e. The van der Waals surface area contributed by atoms with Crippen LogP contribution >= 0.6 is 0 Å². The molecular weight excluding hydrogens is 705 g/mol. The van der Waals surface area contributed by atoms with Crippen LogP contribution in [0, 0.1) is 0 Å². The number of anilines is 3. The molecule has 0 fully saturated rings. The third-order valence-electron chi connectivity index (χ3n) is 12.2. The van der Waals surface area contributed by atoms with Crippen molar-refractivity contribution in [1.82, 2.24) is 4.57 Å². The van der Waals surface area contributed by atoms with E-state index in [1.165, 1.54) is 49.7 Å². The van der Waals surface area contributed by atoms with Gasteiger partial charge in [0, 0.05) is 38.6 Å². The molecule has 3 heteroatoms. The van der Waals surface area contributed by atoms with Crippen LogP contribution < -0.4 is 4.90 Å². The predicted octanol–water partition coefficient (Wildman–Crippen LogP) is 14.5. The third kappa shape index (κ3) is 4.62. The van der Waals surface area contributed by atoms with Crippen LogP contribution in [0.15, 0.2) is 223 Å². The molecule has 0 aliphatic heterocycles. The summed E-state index contributed by atoms with van der Waals surface area (Å²) in [6.07, 6.45) is 0. The molecule has 0 bridgehead atoms. The van der Waals surface area contributed by atoms with Crippen molar-refractivity contribution in [3.63, 3.8) is 0 Å². The molecule has 0 amide bonds. The second kappa shape index (κ2) is 12.7. The van der Waals surface area contributed by atoms with Crippen LogP contribution in [-0.4, -0.2) is 4.57 Å². The van der Waals surface area contributed by atoms with E-state index < -0.39 is 5.41 Å². The summed E-state index contributed by atoms with van der Waals surface area (Å²) in [5, 5.41) is 4.60. The first-order chi connectivity index (χ1) is 28.8. The van der Waals surface area contributed by atoms with Crippen LogP contribution in [-0.2, 0) is 5.41 Å². The molecule has 0 spiro atoms. The highest BCUT2D eigenvalue weighted by molar-refractivity contribution is 6.13. The molecule has 0 radical (unpaired) electrons. The number of benzene rings is 9. The number of fused-ring (bicyclic) bond motifs is 9. The van der Waals surface area contributed by atoms with Gasteiger partial charge in [0.2, 0.25) is 0 Å². The van der Waals surface area contributed by atoms with E-state index in [1.807, 2.05) is 6.07 Å². The van der Waals surface area contributed by atoms with Gasteiger partial charge in [-0.2, -0.15) is 0 Å². The quantitative estimate of drug-likeness (QED) is 0.169. The van der Waals surface area contributed by atoms with E-state index in [0.29, 0.717) is 0 Å². The lowest BCUT2D eigenvalue weighted by Gasteiger charge is -2.35. The molecule has 11 aromatic rings. The fraction of sp³-hybridized carbons (Fsp3) is 0.0182. The Kier molecular flexibility index (Phi) is 7.14. The maximum atomic E-state index is 6.79. The highest BCUT2D eigenvalue weighted by Gasteiger charge is 2.46. The number of hydrogen-bond donors (Lipinski definition) is 0. The summed E-state index contributed by atoms with van der Waals surface area (Å²) < 4.78 is 9.17. The molecule has 0 saturated carbocycles. The van der Waals surface area contributed by atoms with E-state index in [9.17, 15) is 0 Å². The smallest absolute Gasteiger partial charge is 0.159 e. The second-order valence-corrected chi connectivity index (χ2v) is 15.2. The Labute approximate surface area is 336 Å². The van der Waals surface area contributed by atoms with Crippen molar-refractivity contribution >= 4 is 60.8 Å². The first-order valence-corrected chi connectivity index (χ1v) is 19.9. The van der Waals surface area contributed by atoms with Crippen LogP contribution in [0.25, 0.3) is 60.6 Å². The summed E-state index contributed by atoms with van der Waals surface area (Å²) in [5.41, 5.74) is 15.3. The number of hydrogen-bond acceptors (Lipinski definition) is 2. The van der Waals surface area contributed by atoms with Gasteiger partial charge in [-0.05, 0) is 94.0 Å². The van der Waals surface area contributed by atoms with E-state index >= 15 is 0 Å². The van der Waals surface area contributed by atoms with Gasteiger partial charge in [-0.25, -0.2) is 0 Å².